The Morgan fingerprint density at radius 1 is 1.12 bits per heavy atom. The van der Waals surface area contributed by atoms with Crippen molar-refractivity contribution in [2.75, 3.05) is 31.1 Å². The number of anilines is 1. The van der Waals surface area contributed by atoms with Gasteiger partial charge >= 0.3 is 0 Å². The van der Waals surface area contributed by atoms with Crippen LogP contribution in [0.15, 0.2) is 24.3 Å². The van der Waals surface area contributed by atoms with Gasteiger partial charge in [-0.25, -0.2) is 14.4 Å². The number of hydrogen-bond acceptors (Lipinski definition) is 5. The van der Waals surface area contributed by atoms with Crippen LogP contribution in [0.5, 0.6) is 0 Å². The van der Waals surface area contributed by atoms with E-state index in [1.165, 1.54) is 44.9 Å². The molecule has 0 unspecified atom stereocenters. The molecule has 1 aliphatic carbocycles. The lowest BCUT2D eigenvalue weighted by molar-refractivity contribution is 0.249. The van der Waals surface area contributed by atoms with E-state index in [0.29, 0.717) is 5.92 Å². The fourth-order valence-electron chi connectivity index (χ4n) is 4.94. The molecule has 0 N–H and O–H groups in total. The quantitative estimate of drug-likeness (QED) is 0.490. The standard InChI is InChI=1S/C26H33FN4S/c1-4-18(3)24-28-25(23-21-10-5-17(2)15-22(21)32-26(23)29-24)31-13-11-30(12-14-31)16-19-6-8-20(27)9-7-19/h6-9,17-18H,4-5,10-16H2,1-3H3/t17-,18+/m0/s1. The number of thiophene rings is 1. The minimum atomic E-state index is -0.169. The van der Waals surface area contributed by atoms with E-state index in [0.717, 1.165) is 57.3 Å². The molecule has 0 amide bonds. The molecule has 1 saturated heterocycles. The number of piperazine rings is 1. The summed E-state index contributed by atoms with van der Waals surface area (Å²) in [6, 6.07) is 6.90. The number of aromatic nitrogens is 2. The fourth-order valence-corrected chi connectivity index (χ4v) is 6.32. The van der Waals surface area contributed by atoms with E-state index in [1.54, 1.807) is 12.1 Å². The Bertz CT molecular complexity index is 1090. The number of aryl methyl sites for hydroxylation is 1. The van der Waals surface area contributed by atoms with Crippen LogP contribution in [0.25, 0.3) is 10.2 Å². The molecule has 170 valence electrons. The van der Waals surface area contributed by atoms with Gasteiger partial charge in [0.15, 0.2) is 0 Å². The van der Waals surface area contributed by atoms with Gasteiger partial charge in [0.25, 0.3) is 0 Å². The molecule has 0 radical (unpaired) electrons. The maximum absolute atomic E-state index is 13.2. The number of benzene rings is 1. The Labute approximate surface area is 194 Å². The van der Waals surface area contributed by atoms with Crippen LogP contribution in [0.2, 0.25) is 0 Å². The second-order valence-electron chi connectivity index (χ2n) is 9.64. The number of nitrogens with zero attached hydrogens (tertiary/aromatic N) is 4. The Morgan fingerprint density at radius 2 is 1.88 bits per heavy atom. The van der Waals surface area contributed by atoms with Gasteiger partial charge in [0.2, 0.25) is 0 Å². The van der Waals surface area contributed by atoms with Crippen LogP contribution >= 0.6 is 11.3 Å². The zero-order valence-electron chi connectivity index (χ0n) is 19.4. The first-order valence-electron chi connectivity index (χ1n) is 12.1. The Kier molecular flexibility index (Phi) is 6.17. The van der Waals surface area contributed by atoms with Crippen molar-refractivity contribution in [2.45, 2.75) is 58.9 Å². The van der Waals surface area contributed by atoms with Gasteiger partial charge in [-0.2, -0.15) is 0 Å². The molecule has 3 aromatic rings. The van der Waals surface area contributed by atoms with Crippen LogP contribution in [0.4, 0.5) is 10.2 Å². The van der Waals surface area contributed by atoms with Crippen LogP contribution in [-0.4, -0.2) is 41.0 Å². The fraction of sp³-hybridized carbons (Fsp3) is 0.538. The summed E-state index contributed by atoms with van der Waals surface area (Å²) in [5, 5.41) is 1.33. The Morgan fingerprint density at radius 3 is 2.59 bits per heavy atom. The summed E-state index contributed by atoms with van der Waals surface area (Å²) in [6.07, 6.45) is 4.65. The van der Waals surface area contributed by atoms with Gasteiger partial charge in [-0.05, 0) is 54.9 Å². The van der Waals surface area contributed by atoms with E-state index < -0.39 is 0 Å². The molecule has 2 aliphatic rings. The van der Waals surface area contributed by atoms with Gasteiger partial charge < -0.3 is 4.90 Å². The number of hydrogen-bond donors (Lipinski definition) is 0. The summed E-state index contributed by atoms with van der Waals surface area (Å²) >= 11 is 1.91. The number of fused-ring (bicyclic) bond motifs is 3. The molecule has 0 spiro atoms. The zero-order valence-corrected chi connectivity index (χ0v) is 20.2. The van der Waals surface area contributed by atoms with Gasteiger partial charge in [-0.3, -0.25) is 4.90 Å². The van der Waals surface area contributed by atoms with Gasteiger partial charge in [0.05, 0.1) is 5.39 Å². The first kappa shape index (κ1) is 21.8. The van der Waals surface area contributed by atoms with Crippen LogP contribution < -0.4 is 4.90 Å². The highest BCUT2D eigenvalue weighted by Crippen LogP contribution is 2.41. The van der Waals surface area contributed by atoms with Crippen molar-refractivity contribution in [1.29, 1.82) is 0 Å². The van der Waals surface area contributed by atoms with E-state index in [-0.39, 0.29) is 5.82 Å². The average molecular weight is 453 g/mol. The van der Waals surface area contributed by atoms with E-state index >= 15 is 0 Å². The molecule has 32 heavy (non-hydrogen) atoms. The minimum absolute atomic E-state index is 0.169. The molecule has 0 bridgehead atoms. The molecule has 0 saturated carbocycles. The van der Waals surface area contributed by atoms with Crippen molar-refractivity contribution < 1.29 is 4.39 Å². The predicted molar refractivity (Wildman–Crippen MR) is 131 cm³/mol. The molecule has 1 fully saturated rings. The molecule has 2 atom stereocenters. The monoisotopic (exact) mass is 452 g/mol. The van der Waals surface area contributed by atoms with Gasteiger partial charge in [0, 0.05) is 43.5 Å². The van der Waals surface area contributed by atoms with Crippen LogP contribution in [0, 0.1) is 11.7 Å². The Hall–Kier alpha value is -2.05. The third kappa shape index (κ3) is 4.27. The SMILES string of the molecule is CC[C@@H](C)c1nc(N2CCN(Cc3ccc(F)cc3)CC2)c2c3c(sc2n1)C[C@@H](C)CC3. The number of rotatable bonds is 5. The molecule has 6 heteroatoms. The maximum Gasteiger partial charge on any atom is 0.141 e. The van der Waals surface area contributed by atoms with Crippen molar-refractivity contribution in [2.24, 2.45) is 5.92 Å². The molecule has 1 aromatic carbocycles. The van der Waals surface area contributed by atoms with Crippen molar-refractivity contribution in [1.82, 2.24) is 14.9 Å². The normalized spacial score (nSPS) is 20.5. The minimum Gasteiger partial charge on any atom is -0.353 e. The highest BCUT2D eigenvalue weighted by molar-refractivity contribution is 7.19. The lowest BCUT2D eigenvalue weighted by atomic mass is 9.89. The van der Waals surface area contributed by atoms with Crippen molar-refractivity contribution in [3.63, 3.8) is 0 Å². The lowest BCUT2D eigenvalue weighted by Gasteiger charge is -2.36. The molecule has 1 aliphatic heterocycles. The molecule has 5 rings (SSSR count). The first-order chi connectivity index (χ1) is 15.5. The highest BCUT2D eigenvalue weighted by Gasteiger charge is 2.28. The second kappa shape index (κ2) is 9.06. The van der Waals surface area contributed by atoms with Crippen molar-refractivity contribution in [3.8, 4) is 0 Å². The predicted octanol–water partition coefficient (Wildman–Crippen LogP) is 5.79. The summed E-state index contributed by atoms with van der Waals surface area (Å²) in [7, 11) is 0. The third-order valence-corrected chi connectivity index (χ3v) is 8.35. The van der Waals surface area contributed by atoms with E-state index in [2.05, 4.69) is 30.6 Å². The first-order valence-corrected chi connectivity index (χ1v) is 12.9. The van der Waals surface area contributed by atoms with E-state index in [9.17, 15) is 4.39 Å². The summed E-state index contributed by atoms with van der Waals surface area (Å²) in [6.45, 7) is 11.6. The summed E-state index contributed by atoms with van der Waals surface area (Å²) in [5.74, 6) is 3.12. The summed E-state index contributed by atoms with van der Waals surface area (Å²) in [5.41, 5.74) is 2.69. The summed E-state index contributed by atoms with van der Waals surface area (Å²) in [4.78, 5) is 17.9. The molecule has 3 heterocycles. The molecule has 2 aromatic heterocycles. The molecule has 4 nitrogen and oxygen atoms in total. The Balaban J connectivity index is 1.42. The van der Waals surface area contributed by atoms with E-state index in [1.807, 2.05) is 23.5 Å². The zero-order chi connectivity index (χ0) is 22.2. The highest BCUT2D eigenvalue weighted by atomic mass is 32.1. The summed E-state index contributed by atoms with van der Waals surface area (Å²) < 4.78 is 13.2. The molecular weight excluding hydrogens is 419 g/mol. The second-order valence-corrected chi connectivity index (χ2v) is 10.7. The van der Waals surface area contributed by atoms with Crippen LogP contribution in [0.3, 0.4) is 0 Å². The average Bonchev–Trinajstić information content (AvgIpc) is 3.17. The van der Waals surface area contributed by atoms with Crippen LogP contribution in [-0.2, 0) is 19.4 Å². The van der Waals surface area contributed by atoms with Crippen molar-refractivity contribution >= 4 is 27.4 Å². The largest absolute Gasteiger partial charge is 0.353 e. The molecular formula is C26H33FN4S. The smallest absolute Gasteiger partial charge is 0.141 e. The van der Waals surface area contributed by atoms with E-state index in [4.69, 9.17) is 9.97 Å². The lowest BCUT2D eigenvalue weighted by Crippen LogP contribution is -2.46. The van der Waals surface area contributed by atoms with Crippen LogP contribution in [0.1, 0.15) is 61.4 Å². The van der Waals surface area contributed by atoms with Crippen molar-refractivity contribution in [3.05, 3.63) is 51.9 Å². The number of halogens is 1. The van der Waals surface area contributed by atoms with Gasteiger partial charge in [-0.1, -0.05) is 32.9 Å². The van der Waals surface area contributed by atoms with Gasteiger partial charge in [0.1, 0.15) is 22.3 Å². The third-order valence-electron chi connectivity index (χ3n) is 7.20. The maximum atomic E-state index is 13.2. The topological polar surface area (TPSA) is 32.3 Å². The van der Waals surface area contributed by atoms with Gasteiger partial charge in [-0.15, -0.1) is 11.3 Å².